The van der Waals surface area contributed by atoms with Crippen molar-refractivity contribution >= 4 is 11.5 Å². The van der Waals surface area contributed by atoms with Gasteiger partial charge in [-0.3, -0.25) is 10.4 Å². The molecule has 18 heavy (non-hydrogen) atoms. The van der Waals surface area contributed by atoms with Crippen LogP contribution in [-0.2, 0) is 6.42 Å². The summed E-state index contributed by atoms with van der Waals surface area (Å²) in [5, 5.41) is 11.2. The Balaban J connectivity index is 2.19. The fraction of sp³-hybridized carbons (Fsp3) is 0.200. The summed E-state index contributed by atoms with van der Waals surface area (Å²) in [4.78, 5) is 4.21. The highest BCUT2D eigenvalue weighted by atomic mass is 14.9. The van der Waals surface area contributed by atoms with Gasteiger partial charge in [0.1, 0.15) is 5.84 Å². The van der Waals surface area contributed by atoms with Crippen molar-refractivity contribution in [2.45, 2.75) is 20.3 Å². The van der Waals surface area contributed by atoms with E-state index in [0.29, 0.717) is 5.84 Å². The van der Waals surface area contributed by atoms with E-state index >= 15 is 0 Å². The lowest BCUT2D eigenvalue weighted by atomic mass is 10.0. The highest BCUT2D eigenvalue weighted by Crippen LogP contribution is 2.13. The van der Waals surface area contributed by atoms with Gasteiger partial charge in [-0.25, -0.2) is 0 Å². The molecular formula is C15H17N3. The first-order valence-electron chi connectivity index (χ1n) is 6.07. The third-order valence-corrected chi connectivity index (χ3v) is 2.85. The number of hydrogen-bond acceptors (Lipinski definition) is 2. The first-order chi connectivity index (χ1) is 8.70. The Hall–Kier alpha value is -2.16. The molecule has 2 rings (SSSR count). The number of nitrogens with zero attached hydrogens (tertiary/aromatic N) is 1. The quantitative estimate of drug-likeness (QED) is 0.637. The lowest BCUT2D eigenvalue weighted by molar-refractivity contribution is 1.13. The van der Waals surface area contributed by atoms with E-state index in [2.05, 4.69) is 23.3 Å². The van der Waals surface area contributed by atoms with Crippen molar-refractivity contribution in [1.82, 2.24) is 4.98 Å². The molecule has 2 N–H and O–H groups in total. The molecule has 1 aromatic heterocycles. The Kier molecular flexibility index (Phi) is 3.72. The van der Waals surface area contributed by atoms with Gasteiger partial charge in [-0.1, -0.05) is 31.2 Å². The summed E-state index contributed by atoms with van der Waals surface area (Å²) in [7, 11) is 0. The molecule has 0 saturated carbocycles. The second-order valence-corrected chi connectivity index (χ2v) is 4.20. The van der Waals surface area contributed by atoms with Gasteiger partial charge in [0.05, 0.1) is 11.9 Å². The van der Waals surface area contributed by atoms with Gasteiger partial charge in [0, 0.05) is 11.3 Å². The molecule has 0 fully saturated rings. The summed E-state index contributed by atoms with van der Waals surface area (Å²) >= 11 is 0. The molecule has 0 unspecified atom stereocenters. The lowest BCUT2D eigenvalue weighted by Crippen LogP contribution is -2.14. The Bertz CT molecular complexity index is 544. The molecule has 0 bridgehead atoms. The van der Waals surface area contributed by atoms with Crippen LogP contribution in [0.25, 0.3) is 0 Å². The van der Waals surface area contributed by atoms with Gasteiger partial charge >= 0.3 is 0 Å². The van der Waals surface area contributed by atoms with Gasteiger partial charge in [0.15, 0.2) is 0 Å². The van der Waals surface area contributed by atoms with Crippen LogP contribution in [0.3, 0.4) is 0 Å². The molecule has 0 amide bonds. The molecule has 0 spiro atoms. The summed E-state index contributed by atoms with van der Waals surface area (Å²) in [5.41, 5.74) is 3.94. The fourth-order valence-corrected chi connectivity index (χ4v) is 1.83. The molecule has 0 aliphatic rings. The maximum absolute atomic E-state index is 8.13. The molecule has 0 saturated heterocycles. The molecule has 1 aromatic carbocycles. The molecule has 1 heterocycles. The van der Waals surface area contributed by atoms with Gasteiger partial charge in [-0.05, 0) is 31.0 Å². The van der Waals surface area contributed by atoms with Crippen molar-refractivity contribution in [3.63, 3.8) is 0 Å². The molecule has 3 nitrogen and oxygen atoms in total. The largest absolute Gasteiger partial charge is 0.339 e. The average Bonchev–Trinajstić information content (AvgIpc) is 2.41. The Morgan fingerprint density at radius 1 is 1.22 bits per heavy atom. The number of nitrogens with one attached hydrogen (secondary N) is 2. The van der Waals surface area contributed by atoms with E-state index in [-0.39, 0.29) is 0 Å². The summed E-state index contributed by atoms with van der Waals surface area (Å²) < 4.78 is 0. The number of anilines is 1. The number of rotatable bonds is 3. The zero-order valence-corrected chi connectivity index (χ0v) is 10.7. The minimum absolute atomic E-state index is 0.415. The zero-order chi connectivity index (χ0) is 13.0. The number of benzene rings is 1. The normalized spacial score (nSPS) is 10.1. The van der Waals surface area contributed by atoms with Crippen molar-refractivity contribution in [2.75, 3.05) is 5.32 Å². The molecule has 92 valence electrons. The second-order valence-electron chi connectivity index (χ2n) is 4.20. The van der Waals surface area contributed by atoms with E-state index in [4.69, 9.17) is 5.41 Å². The van der Waals surface area contributed by atoms with Gasteiger partial charge in [0.2, 0.25) is 0 Å². The van der Waals surface area contributed by atoms with Crippen LogP contribution < -0.4 is 5.32 Å². The number of aromatic nitrogens is 1. The summed E-state index contributed by atoms with van der Waals surface area (Å²) in [6, 6.07) is 11.8. The third-order valence-electron chi connectivity index (χ3n) is 2.85. The van der Waals surface area contributed by atoms with Crippen LogP contribution in [0, 0.1) is 12.3 Å². The van der Waals surface area contributed by atoms with Crippen molar-refractivity contribution in [3.8, 4) is 0 Å². The number of amidine groups is 1. The molecule has 0 atom stereocenters. The summed E-state index contributed by atoms with van der Waals surface area (Å²) in [6.45, 7) is 4.04. The van der Waals surface area contributed by atoms with E-state index in [1.165, 1.54) is 5.56 Å². The SMILES string of the molecule is CCc1ccccc1C(=N)Nc1ccc(C)nc1. The molecule has 0 radical (unpaired) electrons. The highest BCUT2D eigenvalue weighted by molar-refractivity contribution is 6.07. The highest BCUT2D eigenvalue weighted by Gasteiger charge is 2.06. The molecule has 3 heteroatoms. The second kappa shape index (κ2) is 5.45. The maximum atomic E-state index is 8.13. The first-order valence-corrected chi connectivity index (χ1v) is 6.07. The minimum Gasteiger partial charge on any atom is -0.339 e. The van der Waals surface area contributed by atoms with Crippen LogP contribution in [0.1, 0.15) is 23.7 Å². The molecular weight excluding hydrogens is 222 g/mol. The number of pyridine rings is 1. The van der Waals surface area contributed by atoms with E-state index in [1.54, 1.807) is 6.20 Å². The topological polar surface area (TPSA) is 48.8 Å². The van der Waals surface area contributed by atoms with Gasteiger partial charge in [0.25, 0.3) is 0 Å². The van der Waals surface area contributed by atoms with Crippen LogP contribution in [0.4, 0.5) is 5.69 Å². The van der Waals surface area contributed by atoms with Crippen LogP contribution in [0.5, 0.6) is 0 Å². The van der Waals surface area contributed by atoms with Crippen LogP contribution in [-0.4, -0.2) is 10.8 Å². The van der Waals surface area contributed by atoms with Crippen molar-refractivity contribution in [2.24, 2.45) is 0 Å². The average molecular weight is 239 g/mol. The van der Waals surface area contributed by atoms with E-state index in [0.717, 1.165) is 23.4 Å². The molecule has 2 aromatic rings. The van der Waals surface area contributed by atoms with Crippen molar-refractivity contribution in [3.05, 3.63) is 59.4 Å². The summed E-state index contributed by atoms with van der Waals surface area (Å²) in [5.74, 6) is 0.415. The standard InChI is InChI=1S/C15H17N3/c1-3-12-6-4-5-7-14(12)15(16)18-13-9-8-11(2)17-10-13/h4-10H,3H2,1-2H3,(H2,16,18). The molecule has 0 aliphatic carbocycles. The van der Waals surface area contributed by atoms with Gasteiger partial charge < -0.3 is 5.32 Å². The van der Waals surface area contributed by atoms with Crippen molar-refractivity contribution < 1.29 is 0 Å². The smallest absolute Gasteiger partial charge is 0.130 e. The van der Waals surface area contributed by atoms with Gasteiger partial charge in [-0.2, -0.15) is 0 Å². The minimum atomic E-state index is 0.415. The third kappa shape index (κ3) is 2.74. The lowest BCUT2D eigenvalue weighted by Gasteiger charge is -2.11. The van der Waals surface area contributed by atoms with Gasteiger partial charge in [-0.15, -0.1) is 0 Å². The Morgan fingerprint density at radius 3 is 2.67 bits per heavy atom. The zero-order valence-electron chi connectivity index (χ0n) is 10.7. The molecule has 0 aliphatic heterocycles. The van der Waals surface area contributed by atoms with Crippen LogP contribution >= 0.6 is 0 Å². The number of aryl methyl sites for hydroxylation is 2. The maximum Gasteiger partial charge on any atom is 0.130 e. The Labute approximate surface area is 107 Å². The first kappa shape index (κ1) is 12.3. The predicted octanol–water partition coefficient (Wildman–Crippen LogP) is 3.39. The van der Waals surface area contributed by atoms with Crippen molar-refractivity contribution in [1.29, 1.82) is 5.41 Å². The van der Waals surface area contributed by atoms with E-state index in [1.807, 2.05) is 37.3 Å². The number of hydrogen-bond donors (Lipinski definition) is 2. The Morgan fingerprint density at radius 2 is 2.00 bits per heavy atom. The van der Waals surface area contributed by atoms with E-state index < -0.39 is 0 Å². The monoisotopic (exact) mass is 239 g/mol. The van der Waals surface area contributed by atoms with Crippen LogP contribution in [0.2, 0.25) is 0 Å². The predicted molar refractivity (Wildman–Crippen MR) is 75.2 cm³/mol. The summed E-state index contributed by atoms with van der Waals surface area (Å²) in [6.07, 6.45) is 2.67. The fourth-order valence-electron chi connectivity index (χ4n) is 1.83. The van der Waals surface area contributed by atoms with E-state index in [9.17, 15) is 0 Å². The van der Waals surface area contributed by atoms with Crippen LogP contribution in [0.15, 0.2) is 42.6 Å².